The summed E-state index contributed by atoms with van der Waals surface area (Å²) in [6, 6.07) is 3.65. The summed E-state index contributed by atoms with van der Waals surface area (Å²) < 4.78 is 0. The summed E-state index contributed by atoms with van der Waals surface area (Å²) in [5.74, 6) is 0.847. The minimum atomic E-state index is -0.119. The molecule has 1 heterocycles. The second-order valence-electron chi connectivity index (χ2n) is 5.14. The lowest BCUT2D eigenvalue weighted by Crippen LogP contribution is -2.34. The number of carbonyl (C=O) groups is 1. The van der Waals surface area contributed by atoms with Crippen molar-refractivity contribution < 1.29 is 9.90 Å². The van der Waals surface area contributed by atoms with E-state index in [0.717, 1.165) is 10.8 Å². The van der Waals surface area contributed by atoms with Crippen LogP contribution >= 0.6 is 11.8 Å². The molecule has 0 aromatic carbocycles. The molecule has 4 nitrogen and oxygen atoms in total. The van der Waals surface area contributed by atoms with Crippen LogP contribution in [0.25, 0.3) is 0 Å². The fourth-order valence-corrected chi connectivity index (χ4v) is 2.15. The Bertz CT molecular complexity index is 404. The maximum absolute atomic E-state index is 11.9. The molecule has 1 rings (SSSR count). The fraction of sp³-hybridized carbons (Fsp3) is 0.571. The van der Waals surface area contributed by atoms with E-state index in [2.05, 4.69) is 17.2 Å². The minimum absolute atomic E-state index is 0.101. The number of carbonyl (C=O) groups excluding carboxylic acids is 1. The Morgan fingerprint density at radius 2 is 2.21 bits per heavy atom. The van der Waals surface area contributed by atoms with Crippen molar-refractivity contribution in [2.45, 2.75) is 32.2 Å². The molecule has 19 heavy (non-hydrogen) atoms. The minimum Gasteiger partial charge on any atom is -0.396 e. The van der Waals surface area contributed by atoms with Gasteiger partial charge in [0, 0.05) is 19.3 Å². The van der Waals surface area contributed by atoms with E-state index >= 15 is 0 Å². The molecule has 0 radical (unpaired) electrons. The van der Waals surface area contributed by atoms with E-state index in [0.29, 0.717) is 18.5 Å². The van der Waals surface area contributed by atoms with Crippen LogP contribution in [-0.2, 0) is 0 Å². The molecule has 0 aliphatic carbocycles. The zero-order valence-electron chi connectivity index (χ0n) is 11.8. The summed E-state index contributed by atoms with van der Waals surface area (Å²) >= 11 is 1.65. The molecule has 0 bridgehead atoms. The van der Waals surface area contributed by atoms with Crippen LogP contribution in [0.3, 0.4) is 0 Å². The molecule has 5 heteroatoms. The maximum atomic E-state index is 11.9. The van der Waals surface area contributed by atoms with E-state index in [1.807, 2.05) is 19.9 Å². The van der Waals surface area contributed by atoms with Crippen molar-refractivity contribution in [3.05, 3.63) is 23.9 Å². The Kier molecular flexibility index (Phi) is 6.31. The van der Waals surface area contributed by atoms with E-state index in [4.69, 9.17) is 5.11 Å². The zero-order chi connectivity index (χ0) is 14.3. The normalized spacial score (nSPS) is 11.4. The number of hydrogen-bond donors (Lipinski definition) is 2. The Morgan fingerprint density at radius 1 is 1.47 bits per heavy atom. The highest BCUT2D eigenvalue weighted by molar-refractivity contribution is 7.99. The van der Waals surface area contributed by atoms with Crippen molar-refractivity contribution in [3.8, 4) is 0 Å². The molecule has 0 fully saturated rings. The highest BCUT2D eigenvalue weighted by Crippen LogP contribution is 2.18. The standard InChI is InChI=1S/C14H22N2O2S/c1-4-19-12-6-5-11(9-15-12)13(18)16-10-14(2,3)7-8-17/h5-6,9,17H,4,7-8,10H2,1-3H3,(H,16,18). The average molecular weight is 282 g/mol. The Balaban J connectivity index is 2.53. The van der Waals surface area contributed by atoms with Gasteiger partial charge in [-0.3, -0.25) is 4.79 Å². The van der Waals surface area contributed by atoms with Crippen molar-refractivity contribution in [2.75, 3.05) is 18.9 Å². The van der Waals surface area contributed by atoms with Crippen molar-refractivity contribution >= 4 is 17.7 Å². The Hall–Kier alpha value is -1.07. The van der Waals surface area contributed by atoms with Gasteiger partial charge < -0.3 is 10.4 Å². The first kappa shape index (κ1) is 16.0. The lowest BCUT2D eigenvalue weighted by atomic mass is 9.90. The van der Waals surface area contributed by atoms with Crippen molar-refractivity contribution in [1.29, 1.82) is 0 Å². The fourth-order valence-electron chi connectivity index (χ4n) is 1.56. The quantitative estimate of drug-likeness (QED) is 0.754. The Labute approximate surface area is 119 Å². The molecule has 0 spiro atoms. The summed E-state index contributed by atoms with van der Waals surface area (Å²) in [6.07, 6.45) is 2.27. The van der Waals surface area contributed by atoms with Crippen LogP contribution in [0.1, 0.15) is 37.6 Å². The molecule has 1 amide bonds. The highest BCUT2D eigenvalue weighted by atomic mass is 32.2. The van der Waals surface area contributed by atoms with E-state index < -0.39 is 0 Å². The molecule has 0 atom stereocenters. The lowest BCUT2D eigenvalue weighted by Gasteiger charge is -2.23. The summed E-state index contributed by atoms with van der Waals surface area (Å²) in [5, 5.41) is 12.7. The van der Waals surface area contributed by atoms with Gasteiger partial charge in [0.15, 0.2) is 0 Å². The number of thioether (sulfide) groups is 1. The summed E-state index contributed by atoms with van der Waals surface area (Å²) in [4.78, 5) is 16.2. The van der Waals surface area contributed by atoms with Gasteiger partial charge in [-0.05, 0) is 29.7 Å². The van der Waals surface area contributed by atoms with Crippen molar-refractivity contribution in [2.24, 2.45) is 5.41 Å². The largest absolute Gasteiger partial charge is 0.396 e. The van der Waals surface area contributed by atoms with Crippen molar-refractivity contribution in [1.82, 2.24) is 10.3 Å². The number of nitrogens with zero attached hydrogens (tertiary/aromatic N) is 1. The number of aromatic nitrogens is 1. The third-order valence-corrected chi connectivity index (χ3v) is 3.63. The molecule has 0 saturated carbocycles. The first-order valence-electron chi connectivity index (χ1n) is 6.46. The first-order valence-corrected chi connectivity index (χ1v) is 7.45. The third kappa shape index (κ3) is 5.61. The molecule has 0 unspecified atom stereocenters. The number of aliphatic hydroxyl groups is 1. The molecule has 1 aromatic rings. The SMILES string of the molecule is CCSc1ccc(C(=O)NCC(C)(C)CCO)cn1. The number of hydrogen-bond acceptors (Lipinski definition) is 4. The van der Waals surface area contributed by atoms with Gasteiger partial charge in [-0.1, -0.05) is 20.8 Å². The molecule has 2 N–H and O–H groups in total. The maximum Gasteiger partial charge on any atom is 0.252 e. The van der Waals surface area contributed by atoms with Crippen LogP contribution in [0.4, 0.5) is 0 Å². The van der Waals surface area contributed by atoms with Gasteiger partial charge in [0.1, 0.15) is 0 Å². The summed E-state index contributed by atoms with van der Waals surface area (Å²) in [6.45, 7) is 6.77. The number of nitrogens with one attached hydrogen (secondary N) is 1. The zero-order valence-corrected chi connectivity index (χ0v) is 12.6. The number of rotatable bonds is 7. The van der Waals surface area contributed by atoms with Gasteiger partial charge in [-0.25, -0.2) is 4.98 Å². The van der Waals surface area contributed by atoms with Crippen LogP contribution in [0.2, 0.25) is 0 Å². The number of pyridine rings is 1. The van der Waals surface area contributed by atoms with Gasteiger partial charge in [-0.2, -0.15) is 0 Å². The second kappa shape index (κ2) is 7.50. The molecule has 0 aliphatic rings. The van der Waals surface area contributed by atoms with E-state index in [1.165, 1.54) is 0 Å². The Morgan fingerprint density at radius 3 is 2.74 bits per heavy atom. The van der Waals surface area contributed by atoms with Crippen LogP contribution in [0.5, 0.6) is 0 Å². The van der Waals surface area contributed by atoms with Crippen LogP contribution < -0.4 is 5.32 Å². The van der Waals surface area contributed by atoms with E-state index in [1.54, 1.807) is 24.0 Å². The predicted molar refractivity (Wildman–Crippen MR) is 78.5 cm³/mol. The molecule has 0 aliphatic heterocycles. The number of amides is 1. The van der Waals surface area contributed by atoms with Gasteiger partial charge >= 0.3 is 0 Å². The van der Waals surface area contributed by atoms with Gasteiger partial charge in [0.25, 0.3) is 5.91 Å². The molecule has 106 valence electrons. The van der Waals surface area contributed by atoms with Gasteiger partial charge in [0.05, 0.1) is 10.6 Å². The summed E-state index contributed by atoms with van der Waals surface area (Å²) in [5.41, 5.74) is 0.468. The van der Waals surface area contributed by atoms with Crippen LogP contribution in [0.15, 0.2) is 23.4 Å². The molecular formula is C14H22N2O2S. The van der Waals surface area contributed by atoms with Gasteiger partial charge in [-0.15, -0.1) is 11.8 Å². The topological polar surface area (TPSA) is 62.2 Å². The van der Waals surface area contributed by atoms with Crippen molar-refractivity contribution in [3.63, 3.8) is 0 Å². The average Bonchev–Trinajstić information content (AvgIpc) is 2.37. The monoisotopic (exact) mass is 282 g/mol. The predicted octanol–water partition coefficient (Wildman–Crippen LogP) is 2.33. The molecule has 0 saturated heterocycles. The van der Waals surface area contributed by atoms with E-state index in [9.17, 15) is 4.79 Å². The smallest absolute Gasteiger partial charge is 0.252 e. The van der Waals surface area contributed by atoms with Gasteiger partial charge in [0.2, 0.25) is 0 Å². The second-order valence-corrected chi connectivity index (χ2v) is 6.42. The summed E-state index contributed by atoms with van der Waals surface area (Å²) in [7, 11) is 0. The first-order chi connectivity index (χ1) is 8.98. The van der Waals surface area contributed by atoms with E-state index in [-0.39, 0.29) is 17.9 Å². The molecule has 1 aromatic heterocycles. The highest BCUT2D eigenvalue weighted by Gasteiger charge is 2.18. The van der Waals surface area contributed by atoms with Crippen LogP contribution in [0, 0.1) is 5.41 Å². The lowest BCUT2D eigenvalue weighted by molar-refractivity contribution is 0.0927. The van der Waals surface area contributed by atoms with Crippen LogP contribution in [-0.4, -0.2) is 34.9 Å². The third-order valence-electron chi connectivity index (χ3n) is 2.81. The molecular weight excluding hydrogens is 260 g/mol. The number of aliphatic hydroxyl groups excluding tert-OH is 1.